The molecule has 0 unspecified atom stereocenters. The molecule has 0 N–H and O–H groups in total. The normalized spacial score (nSPS) is 27.2. The molecule has 7 heteroatoms. The van der Waals surface area contributed by atoms with Gasteiger partial charge in [-0.15, -0.1) is 0 Å². The lowest BCUT2D eigenvalue weighted by atomic mass is 10.1. The first-order valence-corrected chi connectivity index (χ1v) is 8.46. The molecule has 1 fully saturated rings. The number of carbonyl (C=O) groups is 2. The SMILES string of the molecule is CCOC(=O)[C@]1(P(=O)(OC)OC)[C@H](C=O)[C@H]1c1ccccc1. The Morgan fingerprint density at radius 3 is 2.32 bits per heavy atom. The Morgan fingerprint density at radius 1 is 1.27 bits per heavy atom. The molecule has 1 saturated carbocycles. The van der Waals surface area contributed by atoms with E-state index in [1.807, 2.05) is 6.07 Å². The molecule has 0 aliphatic heterocycles. The number of rotatable bonds is 7. The fraction of sp³-hybridized carbons (Fsp3) is 0.467. The van der Waals surface area contributed by atoms with E-state index in [-0.39, 0.29) is 6.61 Å². The van der Waals surface area contributed by atoms with Crippen molar-refractivity contribution in [3.8, 4) is 0 Å². The van der Waals surface area contributed by atoms with Crippen LogP contribution in [-0.4, -0.2) is 38.2 Å². The van der Waals surface area contributed by atoms with Crippen molar-refractivity contribution in [3.05, 3.63) is 35.9 Å². The second-order valence-corrected chi connectivity index (χ2v) is 7.42. The zero-order chi connectivity index (χ0) is 16.4. The van der Waals surface area contributed by atoms with E-state index in [4.69, 9.17) is 13.8 Å². The molecular weight excluding hydrogens is 307 g/mol. The van der Waals surface area contributed by atoms with Gasteiger partial charge >= 0.3 is 13.6 Å². The van der Waals surface area contributed by atoms with Crippen LogP contribution in [0.5, 0.6) is 0 Å². The number of ether oxygens (including phenoxy) is 1. The maximum absolute atomic E-state index is 13.0. The van der Waals surface area contributed by atoms with Crippen LogP contribution in [0.25, 0.3) is 0 Å². The molecular formula is C15H19O6P. The van der Waals surface area contributed by atoms with Crippen LogP contribution in [0.4, 0.5) is 0 Å². The van der Waals surface area contributed by atoms with Gasteiger partial charge in [-0.3, -0.25) is 9.36 Å². The van der Waals surface area contributed by atoms with Crippen LogP contribution < -0.4 is 0 Å². The fourth-order valence-corrected chi connectivity index (χ4v) is 5.25. The predicted molar refractivity (Wildman–Crippen MR) is 79.7 cm³/mol. The first-order valence-electron chi connectivity index (χ1n) is 6.92. The van der Waals surface area contributed by atoms with Gasteiger partial charge in [0.25, 0.3) is 0 Å². The molecule has 0 aromatic heterocycles. The second-order valence-electron chi connectivity index (χ2n) is 4.96. The highest BCUT2D eigenvalue weighted by Gasteiger charge is 2.81. The third kappa shape index (κ3) is 2.22. The molecule has 1 aliphatic rings. The maximum atomic E-state index is 13.0. The molecule has 3 atom stereocenters. The number of hydrogen-bond donors (Lipinski definition) is 0. The highest BCUT2D eigenvalue weighted by molar-refractivity contribution is 7.57. The highest BCUT2D eigenvalue weighted by Crippen LogP contribution is 2.79. The first-order chi connectivity index (χ1) is 10.5. The molecule has 2 rings (SSSR count). The monoisotopic (exact) mass is 326 g/mol. The van der Waals surface area contributed by atoms with Crippen molar-refractivity contribution < 1.29 is 27.9 Å². The molecule has 1 aliphatic carbocycles. The summed E-state index contributed by atoms with van der Waals surface area (Å²) < 4.78 is 28.2. The Bertz CT molecular complexity index is 593. The smallest absolute Gasteiger partial charge is 0.348 e. The average Bonchev–Trinajstić information content (AvgIpc) is 3.26. The lowest BCUT2D eigenvalue weighted by Gasteiger charge is -2.24. The largest absolute Gasteiger partial charge is 0.465 e. The minimum Gasteiger partial charge on any atom is -0.465 e. The molecule has 1 aromatic carbocycles. The summed E-state index contributed by atoms with van der Waals surface area (Å²) in [6.45, 7) is 1.76. The van der Waals surface area contributed by atoms with Crippen LogP contribution >= 0.6 is 7.60 Å². The average molecular weight is 326 g/mol. The first kappa shape index (κ1) is 16.9. The van der Waals surface area contributed by atoms with Crippen LogP contribution in [0.2, 0.25) is 0 Å². The predicted octanol–water partition coefficient (Wildman–Crippen LogP) is 2.39. The Labute approximate surface area is 129 Å². The van der Waals surface area contributed by atoms with Crippen molar-refractivity contribution >= 4 is 19.9 Å². The van der Waals surface area contributed by atoms with E-state index in [0.29, 0.717) is 6.29 Å². The highest BCUT2D eigenvalue weighted by atomic mass is 31.2. The third-order valence-electron chi connectivity index (χ3n) is 4.07. The summed E-state index contributed by atoms with van der Waals surface area (Å²) in [6.07, 6.45) is 0.624. The summed E-state index contributed by atoms with van der Waals surface area (Å²) >= 11 is 0. The summed E-state index contributed by atoms with van der Waals surface area (Å²) in [6, 6.07) is 8.95. The number of esters is 1. The van der Waals surface area contributed by atoms with E-state index in [0.717, 1.165) is 5.56 Å². The molecule has 22 heavy (non-hydrogen) atoms. The van der Waals surface area contributed by atoms with E-state index in [1.54, 1.807) is 31.2 Å². The molecule has 1 aromatic rings. The Morgan fingerprint density at radius 2 is 1.86 bits per heavy atom. The molecule has 0 heterocycles. The summed E-state index contributed by atoms with van der Waals surface area (Å²) in [5.74, 6) is -2.12. The Balaban J connectivity index is 2.57. The molecule has 0 amide bonds. The van der Waals surface area contributed by atoms with Crippen molar-refractivity contribution in [1.82, 2.24) is 0 Å². The summed E-state index contributed by atoms with van der Waals surface area (Å²) in [5.41, 5.74) is 0.724. The van der Waals surface area contributed by atoms with Crippen LogP contribution in [0, 0.1) is 5.92 Å². The van der Waals surface area contributed by atoms with Gasteiger partial charge in [-0.1, -0.05) is 30.3 Å². The second kappa shape index (κ2) is 6.32. The van der Waals surface area contributed by atoms with Gasteiger partial charge < -0.3 is 18.6 Å². The molecule has 6 nitrogen and oxygen atoms in total. The van der Waals surface area contributed by atoms with Gasteiger partial charge in [0.05, 0.1) is 12.5 Å². The lowest BCUT2D eigenvalue weighted by Crippen LogP contribution is -2.31. The van der Waals surface area contributed by atoms with Crippen molar-refractivity contribution in [3.63, 3.8) is 0 Å². The minimum absolute atomic E-state index is 0.112. The van der Waals surface area contributed by atoms with Crippen molar-refractivity contribution in [2.45, 2.75) is 18.0 Å². The number of benzene rings is 1. The fourth-order valence-electron chi connectivity index (χ4n) is 3.06. The van der Waals surface area contributed by atoms with Crippen molar-refractivity contribution in [2.24, 2.45) is 5.92 Å². The van der Waals surface area contributed by atoms with Gasteiger partial charge in [0.2, 0.25) is 0 Å². The molecule has 120 valence electrons. The Hall–Kier alpha value is -1.49. The van der Waals surface area contributed by atoms with Gasteiger partial charge in [-0.2, -0.15) is 0 Å². The van der Waals surface area contributed by atoms with Crippen LogP contribution in [0.15, 0.2) is 30.3 Å². The summed E-state index contributed by atoms with van der Waals surface area (Å²) in [5, 5.41) is -1.62. The lowest BCUT2D eigenvalue weighted by molar-refractivity contribution is -0.144. The van der Waals surface area contributed by atoms with Crippen LogP contribution in [0.1, 0.15) is 18.4 Å². The number of carbonyl (C=O) groups excluding carboxylic acids is 2. The molecule has 0 spiro atoms. The van der Waals surface area contributed by atoms with E-state index in [1.165, 1.54) is 14.2 Å². The van der Waals surface area contributed by atoms with E-state index >= 15 is 0 Å². The Kier molecular flexibility index (Phi) is 4.85. The quantitative estimate of drug-likeness (QED) is 0.435. The van der Waals surface area contributed by atoms with Gasteiger partial charge in [-0.25, -0.2) is 0 Å². The zero-order valence-electron chi connectivity index (χ0n) is 12.7. The standard InChI is InChI=1S/C15H19O6P/c1-4-21-14(17)15(22(18,19-2)20-3)12(10-16)13(15)11-8-6-5-7-9-11/h5-10,12-13H,4H2,1-3H3/t12-,13-,15+/m1/s1. The van der Waals surface area contributed by atoms with Gasteiger partial charge in [0.1, 0.15) is 6.29 Å². The van der Waals surface area contributed by atoms with Gasteiger partial charge in [-0.05, 0) is 12.5 Å². The van der Waals surface area contributed by atoms with Gasteiger partial charge in [0.15, 0.2) is 5.16 Å². The van der Waals surface area contributed by atoms with Crippen molar-refractivity contribution in [1.29, 1.82) is 0 Å². The van der Waals surface area contributed by atoms with E-state index in [2.05, 4.69) is 0 Å². The topological polar surface area (TPSA) is 78.9 Å². The molecule has 0 saturated heterocycles. The minimum atomic E-state index is -3.86. The number of aldehydes is 1. The van der Waals surface area contributed by atoms with Crippen molar-refractivity contribution in [2.75, 3.05) is 20.8 Å². The summed E-state index contributed by atoms with van der Waals surface area (Å²) in [4.78, 5) is 24.0. The van der Waals surface area contributed by atoms with E-state index < -0.39 is 30.6 Å². The number of hydrogen-bond acceptors (Lipinski definition) is 6. The maximum Gasteiger partial charge on any atom is 0.348 e. The van der Waals surface area contributed by atoms with Gasteiger partial charge in [0, 0.05) is 20.1 Å². The zero-order valence-corrected chi connectivity index (χ0v) is 13.6. The van der Waals surface area contributed by atoms with Crippen LogP contribution in [-0.2, 0) is 27.9 Å². The van der Waals surface area contributed by atoms with Crippen LogP contribution in [0.3, 0.4) is 0 Å². The molecule has 0 radical (unpaired) electrons. The third-order valence-corrected chi connectivity index (χ3v) is 6.70. The van der Waals surface area contributed by atoms with E-state index in [9.17, 15) is 14.2 Å². The summed E-state index contributed by atoms with van der Waals surface area (Å²) in [7, 11) is -1.46. The molecule has 0 bridgehead atoms.